The average Bonchev–Trinajstić information content (AvgIpc) is 3.17. The summed E-state index contributed by atoms with van der Waals surface area (Å²) in [5, 5.41) is 9.36. The van der Waals surface area contributed by atoms with Crippen molar-refractivity contribution in [2.45, 2.75) is 26.3 Å². The summed E-state index contributed by atoms with van der Waals surface area (Å²) in [6.07, 6.45) is 2.31. The first-order valence-electron chi connectivity index (χ1n) is 7.40. The van der Waals surface area contributed by atoms with Crippen LogP contribution < -0.4 is 5.56 Å². The van der Waals surface area contributed by atoms with Crippen LogP contribution >= 0.6 is 0 Å². The van der Waals surface area contributed by atoms with Crippen LogP contribution in [0.4, 0.5) is 0 Å². The van der Waals surface area contributed by atoms with Gasteiger partial charge in [0.25, 0.3) is 5.56 Å². The number of nitrogens with zero attached hydrogens (tertiary/aromatic N) is 3. The lowest BCUT2D eigenvalue weighted by molar-refractivity contribution is -0.132. The largest absolute Gasteiger partial charge is 0.508 e. The second-order valence-electron chi connectivity index (χ2n) is 6.07. The van der Waals surface area contributed by atoms with Gasteiger partial charge in [-0.3, -0.25) is 14.4 Å². The van der Waals surface area contributed by atoms with Gasteiger partial charge in [-0.25, -0.2) is 0 Å². The first-order chi connectivity index (χ1) is 10.4. The maximum Gasteiger partial charge on any atom is 0.254 e. The Bertz CT molecular complexity index is 678. The minimum Gasteiger partial charge on any atom is -0.508 e. The average molecular weight is 305 g/mol. The predicted octanol–water partition coefficient (Wildman–Crippen LogP) is -0.0994. The van der Waals surface area contributed by atoms with Crippen LogP contribution in [0.1, 0.15) is 18.5 Å². The molecule has 0 unspecified atom stereocenters. The molecule has 0 radical (unpaired) electrons. The lowest BCUT2D eigenvalue weighted by atomic mass is 10.3. The fraction of sp³-hybridized carbons (Fsp3) is 0.533. The molecule has 1 aliphatic heterocycles. The molecule has 22 heavy (non-hydrogen) atoms. The van der Waals surface area contributed by atoms with Crippen LogP contribution in [-0.2, 0) is 16.1 Å². The number of hydrogen-bond acceptors (Lipinski definition) is 4. The van der Waals surface area contributed by atoms with Crippen molar-refractivity contribution in [3.05, 3.63) is 28.2 Å². The monoisotopic (exact) mass is 305 g/mol. The van der Waals surface area contributed by atoms with Crippen LogP contribution in [0.15, 0.2) is 16.9 Å². The van der Waals surface area contributed by atoms with Crippen molar-refractivity contribution in [3.63, 3.8) is 0 Å². The van der Waals surface area contributed by atoms with E-state index in [1.54, 1.807) is 11.8 Å². The van der Waals surface area contributed by atoms with Crippen molar-refractivity contribution in [2.75, 3.05) is 19.8 Å². The molecule has 2 fully saturated rings. The number of aromatic nitrogens is 1. The summed E-state index contributed by atoms with van der Waals surface area (Å²) in [5.74, 6) is 0.177. The van der Waals surface area contributed by atoms with Crippen LogP contribution in [0, 0.1) is 12.8 Å². The summed E-state index contributed by atoms with van der Waals surface area (Å²) in [6, 6.07) is 2.51. The van der Waals surface area contributed by atoms with E-state index in [9.17, 15) is 19.5 Å². The van der Waals surface area contributed by atoms with Gasteiger partial charge in [-0.1, -0.05) is 0 Å². The number of pyridine rings is 1. The van der Waals surface area contributed by atoms with E-state index in [1.165, 1.54) is 15.5 Å². The Balaban J connectivity index is 1.67. The zero-order chi connectivity index (χ0) is 15.9. The number of rotatable bonds is 4. The van der Waals surface area contributed by atoms with Gasteiger partial charge < -0.3 is 19.5 Å². The molecule has 1 aliphatic carbocycles. The van der Waals surface area contributed by atoms with E-state index in [4.69, 9.17) is 0 Å². The van der Waals surface area contributed by atoms with Crippen LogP contribution in [0.2, 0.25) is 0 Å². The van der Waals surface area contributed by atoms with E-state index in [0.29, 0.717) is 18.3 Å². The van der Waals surface area contributed by atoms with Crippen LogP contribution in [0.5, 0.6) is 5.75 Å². The molecule has 0 atom stereocenters. The lowest BCUT2D eigenvalue weighted by Crippen LogP contribution is -2.37. The highest BCUT2D eigenvalue weighted by Gasteiger charge is 2.34. The summed E-state index contributed by atoms with van der Waals surface area (Å²) in [6.45, 7) is 2.65. The maximum atomic E-state index is 12.3. The highest BCUT2D eigenvalue weighted by atomic mass is 16.3. The van der Waals surface area contributed by atoms with Crippen molar-refractivity contribution < 1.29 is 14.7 Å². The highest BCUT2D eigenvalue weighted by molar-refractivity contribution is 5.87. The summed E-state index contributed by atoms with van der Waals surface area (Å²) in [4.78, 5) is 39.3. The molecule has 7 nitrogen and oxygen atoms in total. The number of aromatic hydroxyl groups is 1. The standard InChI is InChI=1S/C15H19N3O4/c1-10-4-12(19)5-13(20)18(10)8-15(22)17-7-14(21)16(9-17)6-11-2-3-11/h4-5,11,19H,2-3,6-9H2,1H3. The molecule has 2 aliphatic rings. The Morgan fingerprint density at radius 2 is 2.05 bits per heavy atom. The molecule has 0 aromatic carbocycles. The van der Waals surface area contributed by atoms with Crippen molar-refractivity contribution in [1.82, 2.24) is 14.4 Å². The molecule has 7 heteroatoms. The second kappa shape index (κ2) is 5.47. The van der Waals surface area contributed by atoms with Gasteiger partial charge in [0.1, 0.15) is 18.8 Å². The summed E-state index contributed by atoms with van der Waals surface area (Å²) < 4.78 is 1.30. The van der Waals surface area contributed by atoms with Gasteiger partial charge in [0.15, 0.2) is 0 Å². The predicted molar refractivity (Wildman–Crippen MR) is 78.1 cm³/mol. The Morgan fingerprint density at radius 1 is 1.32 bits per heavy atom. The third-order valence-corrected chi connectivity index (χ3v) is 4.16. The molecule has 1 aromatic rings. The number of hydrogen-bond donors (Lipinski definition) is 1. The molecular formula is C15H19N3O4. The van der Waals surface area contributed by atoms with E-state index >= 15 is 0 Å². The molecule has 1 aromatic heterocycles. The molecule has 3 rings (SSSR count). The zero-order valence-electron chi connectivity index (χ0n) is 12.5. The van der Waals surface area contributed by atoms with Gasteiger partial charge in [-0.05, 0) is 31.7 Å². The summed E-state index contributed by atoms with van der Waals surface area (Å²) >= 11 is 0. The van der Waals surface area contributed by atoms with E-state index in [1.807, 2.05) is 0 Å². The maximum absolute atomic E-state index is 12.3. The fourth-order valence-electron chi connectivity index (χ4n) is 2.69. The minimum absolute atomic E-state index is 0.0324. The molecule has 2 heterocycles. The van der Waals surface area contributed by atoms with Crippen molar-refractivity contribution in [2.24, 2.45) is 5.92 Å². The van der Waals surface area contributed by atoms with Gasteiger partial charge in [0.05, 0.1) is 6.67 Å². The smallest absolute Gasteiger partial charge is 0.254 e. The molecule has 118 valence electrons. The Morgan fingerprint density at radius 3 is 2.68 bits per heavy atom. The fourth-order valence-corrected chi connectivity index (χ4v) is 2.69. The Hall–Kier alpha value is -2.31. The van der Waals surface area contributed by atoms with Crippen molar-refractivity contribution >= 4 is 11.8 Å². The minimum atomic E-state index is -0.425. The molecule has 2 amide bonds. The highest BCUT2D eigenvalue weighted by Crippen LogP contribution is 2.30. The van der Waals surface area contributed by atoms with E-state index < -0.39 is 5.56 Å². The Kier molecular flexibility index (Phi) is 3.64. The van der Waals surface area contributed by atoms with Crippen LogP contribution in [0.3, 0.4) is 0 Å². The molecule has 0 spiro atoms. The first-order valence-corrected chi connectivity index (χ1v) is 7.40. The van der Waals surface area contributed by atoms with E-state index in [0.717, 1.165) is 25.5 Å². The third-order valence-electron chi connectivity index (χ3n) is 4.16. The quantitative estimate of drug-likeness (QED) is 0.842. The number of aryl methyl sites for hydroxylation is 1. The van der Waals surface area contributed by atoms with Gasteiger partial charge in [0, 0.05) is 18.3 Å². The van der Waals surface area contributed by atoms with Crippen LogP contribution in [0.25, 0.3) is 0 Å². The first kappa shape index (κ1) is 14.6. The number of carbonyl (C=O) groups is 2. The van der Waals surface area contributed by atoms with E-state index in [-0.39, 0.29) is 30.7 Å². The zero-order valence-corrected chi connectivity index (χ0v) is 12.5. The SMILES string of the molecule is Cc1cc(O)cc(=O)n1CC(=O)N1CC(=O)N(CC2CC2)C1. The van der Waals surface area contributed by atoms with Gasteiger partial charge in [0.2, 0.25) is 11.8 Å². The molecule has 1 saturated carbocycles. The lowest BCUT2D eigenvalue weighted by Gasteiger charge is -2.19. The normalized spacial score (nSPS) is 18.1. The summed E-state index contributed by atoms with van der Waals surface area (Å²) in [7, 11) is 0. The van der Waals surface area contributed by atoms with Crippen molar-refractivity contribution in [3.8, 4) is 5.75 Å². The van der Waals surface area contributed by atoms with Gasteiger partial charge >= 0.3 is 0 Å². The Labute approximate surface area is 127 Å². The summed E-state index contributed by atoms with van der Waals surface area (Å²) in [5.41, 5.74) is 0.0879. The van der Waals surface area contributed by atoms with Gasteiger partial charge in [-0.15, -0.1) is 0 Å². The van der Waals surface area contributed by atoms with Gasteiger partial charge in [-0.2, -0.15) is 0 Å². The number of carbonyl (C=O) groups excluding carboxylic acids is 2. The molecule has 0 bridgehead atoms. The molecular weight excluding hydrogens is 286 g/mol. The van der Waals surface area contributed by atoms with E-state index in [2.05, 4.69) is 0 Å². The molecule has 1 N–H and O–H groups in total. The number of amides is 2. The van der Waals surface area contributed by atoms with Crippen LogP contribution in [-0.4, -0.2) is 51.0 Å². The topological polar surface area (TPSA) is 82.8 Å². The third kappa shape index (κ3) is 2.98. The van der Waals surface area contributed by atoms with Crippen molar-refractivity contribution in [1.29, 1.82) is 0 Å². The molecule has 1 saturated heterocycles. The second-order valence-corrected chi connectivity index (χ2v) is 6.07.